The fourth-order valence-corrected chi connectivity index (χ4v) is 2.89. The molecule has 0 bridgehead atoms. The van der Waals surface area contributed by atoms with Crippen molar-refractivity contribution >= 4 is 0 Å². The van der Waals surface area contributed by atoms with Gasteiger partial charge in [-0.05, 0) is 49.8 Å². The summed E-state index contributed by atoms with van der Waals surface area (Å²) in [7, 11) is 0. The van der Waals surface area contributed by atoms with Crippen molar-refractivity contribution in [2.75, 3.05) is 13.1 Å². The average Bonchev–Trinajstić information content (AvgIpc) is 2.97. The molecule has 0 saturated carbocycles. The summed E-state index contributed by atoms with van der Waals surface area (Å²) in [6, 6.07) is 8.92. The molecule has 1 aliphatic rings. The minimum absolute atomic E-state index is 0.290. The lowest BCUT2D eigenvalue weighted by Gasteiger charge is -2.20. The van der Waals surface area contributed by atoms with E-state index in [0.29, 0.717) is 6.54 Å². The van der Waals surface area contributed by atoms with Crippen LogP contribution in [0.1, 0.15) is 49.8 Å². The molecule has 0 aromatic heterocycles. The van der Waals surface area contributed by atoms with Gasteiger partial charge in [-0.3, -0.25) is 0 Å². The zero-order valence-electron chi connectivity index (χ0n) is 12.0. The van der Waals surface area contributed by atoms with Gasteiger partial charge in [0.2, 0.25) is 0 Å². The van der Waals surface area contributed by atoms with Crippen molar-refractivity contribution in [3.05, 3.63) is 47.0 Å². The summed E-state index contributed by atoms with van der Waals surface area (Å²) in [5.74, 6) is 0. The lowest BCUT2D eigenvalue weighted by molar-refractivity contribution is 0.538. The Kier molecular flexibility index (Phi) is 5.62. The van der Waals surface area contributed by atoms with Gasteiger partial charge in [-0.2, -0.15) is 0 Å². The standard InChI is InChI=1S/C17H26N2/c1-2-15-9-5-6-10-16(15)17(13-18)19-12-11-14-7-3-4-8-14/h5-7,9-10,17,19H,2-4,8,11-13,18H2,1H3. The summed E-state index contributed by atoms with van der Waals surface area (Å²) in [6.45, 7) is 3.90. The van der Waals surface area contributed by atoms with Gasteiger partial charge < -0.3 is 11.1 Å². The van der Waals surface area contributed by atoms with Crippen molar-refractivity contribution < 1.29 is 0 Å². The SMILES string of the molecule is CCc1ccccc1C(CN)NCCC1=CCCC1. The second-order valence-corrected chi connectivity index (χ2v) is 5.30. The van der Waals surface area contributed by atoms with Crippen LogP contribution in [0.25, 0.3) is 0 Å². The quantitative estimate of drug-likeness (QED) is 0.736. The lowest BCUT2D eigenvalue weighted by Crippen LogP contribution is -2.30. The Morgan fingerprint density at radius 3 is 2.84 bits per heavy atom. The number of hydrogen-bond acceptors (Lipinski definition) is 2. The summed E-state index contributed by atoms with van der Waals surface area (Å²) < 4.78 is 0. The summed E-state index contributed by atoms with van der Waals surface area (Å²) in [6.07, 6.45) is 8.55. The Balaban J connectivity index is 1.91. The van der Waals surface area contributed by atoms with Crippen LogP contribution < -0.4 is 11.1 Å². The Bertz CT molecular complexity index is 423. The third-order valence-corrected chi connectivity index (χ3v) is 4.02. The topological polar surface area (TPSA) is 38.0 Å². The van der Waals surface area contributed by atoms with E-state index in [9.17, 15) is 0 Å². The number of nitrogens with one attached hydrogen (secondary N) is 1. The van der Waals surface area contributed by atoms with Crippen molar-refractivity contribution in [3.63, 3.8) is 0 Å². The summed E-state index contributed by atoms with van der Waals surface area (Å²) >= 11 is 0. The van der Waals surface area contributed by atoms with E-state index >= 15 is 0 Å². The first-order valence-corrected chi connectivity index (χ1v) is 7.54. The molecule has 0 fully saturated rings. The zero-order chi connectivity index (χ0) is 13.5. The van der Waals surface area contributed by atoms with E-state index in [1.165, 1.54) is 36.8 Å². The van der Waals surface area contributed by atoms with Gasteiger partial charge in [0.1, 0.15) is 0 Å². The van der Waals surface area contributed by atoms with Gasteiger partial charge in [-0.15, -0.1) is 0 Å². The molecule has 0 spiro atoms. The second-order valence-electron chi connectivity index (χ2n) is 5.30. The predicted octanol–water partition coefficient (Wildman–Crippen LogP) is 3.34. The lowest BCUT2D eigenvalue weighted by atomic mass is 9.98. The van der Waals surface area contributed by atoms with Gasteiger partial charge in [0.15, 0.2) is 0 Å². The first kappa shape index (κ1) is 14.3. The Morgan fingerprint density at radius 2 is 2.16 bits per heavy atom. The molecule has 2 heteroatoms. The molecule has 19 heavy (non-hydrogen) atoms. The molecule has 0 heterocycles. The molecular formula is C17H26N2. The van der Waals surface area contributed by atoms with Crippen LogP contribution in [0.4, 0.5) is 0 Å². The van der Waals surface area contributed by atoms with Crippen LogP contribution in [0.15, 0.2) is 35.9 Å². The van der Waals surface area contributed by atoms with Gasteiger partial charge in [0, 0.05) is 12.6 Å². The molecule has 1 aromatic rings. The van der Waals surface area contributed by atoms with E-state index in [4.69, 9.17) is 5.73 Å². The monoisotopic (exact) mass is 258 g/mol. The van der Waals surface area contributed by atoms with Gasteiger partial charge in [-0.1, -0.05) is 42.8 Å². The molecule has 1 aliphatic carbocycles. The van der Waals surface area contributed by atoms with Crippen molar-refractivity contribution in [3.8, 4) is 0 Å². The van der Waals surface area contributed by atoms with E-state index in [1.807, 2.05) is 0 Å². The van der Waals surface area contributed by atoms with Crippen molar-refractivity contribution in [2.45, 2.75) is 45.1 Å². The van der Waals surface area contributed by atoms with Gasteiger partial charge in [-0.25, -0.2) is 0 Å². The Labute approximate surface area is 117 Å². The van der Waals surface area contributed by atoms with Crippen LogP contribution in [0.5, 0.6) is 0 Å². The average molecular weight is 258 g/mol. The van der Waals surface area contributed by atoms with Crippen LogP contribution in [-0.2, 0) is 6.42 Å². The fourth-order valence-electron chi connectivity index (χ4n) is 2.89. The number of aryl methyl sites for hydroxylation is 1. The normalized spacial score (nSPS) is 16.4. The fraction of sp³-hybridized carbons (Fsp3) is 0.529. The highest BCUT2D eigenvalue weighted by Gasteiger charge is 2.12. The maximum atomic E-state index is 5.95. The summed E-state index contributed by atoms with van der Waals surface area (Å²) in [5, 5.41) is 3.62. The molecule has 1 atom stereocenters. The molecule has 2 nitrogen and oxygen atoms in total. The number of benzene rings is 1. The number of hydrogen-bond donors (Lipinski definition) is 2. The van der Waals surface area contributed by atoms with E-state index < -0.39 is 0 Å². The summed E-state index contributed by atoms with van der Waals surface area (Å²) in [5.41, 5.74) is 10.3. The predicted molar refractivity (Wildman–Crippen MR) is 82.2 cm³/mol. The maximum Gasteiger partial charge on any atom is 0.0447 e. The molecule has 1 unspecified atom stereocenters. The van der Waals surface area contributed by atoms with E-state index in [1.54, 1.807) is 5.57 Å². The van der Waals surface area contributed by atoms with Crippen LogP contribution in [0, 0.1) is 0 Å². The molecule has 0 aliphatic heterocycles. The molecule has 0 saturated heterocycles. The molecule has 0 radical (unpaired) electrons. The zero-order valence-corrected chi connectivity index (χ0v) is 12.0. The smallest absolute Gasteiger partial charge is 0.0447 e. The Morgan fingerprint density at radius 1 is 1.32 bits per heavy atom. The number of rotatable bonds is 7. The van der Waals surface area contributed by atoms with Crippen LogP contribution in [-0.4, -0.2) is 13.1 Å². The van der Waals surface area contributed by atoms with Crippen molar-refractivity contribution in [1.29, 1.82) is 0 Å². The molecule has 3 N–H and O–H groups in total. The molecular weight excluding hydrogens is 232 g/mol. The van der Waals surface area contributed by atoms with E-state index in [2.05, 4.69) is 42.6 Å². The summed E-state index contributed by atoms with van der Waals surface area (Å²) in [4.78, 5) is 0. The first-order valence-electron chi connectivity index (χ1n) is 7.54. The third-order valence-electron chi connectivity index (χ3n) is 4.02. The first-order chi connectivity index (χ1) is 9.35. The van der Waals surface area contributed by atoms with Gasteiger partial charge in [0.25, 0.3) is 0 Å². The van der Waals surface area contributed by atoms with Crippen molar-refractivity contribution in [2.24, 2.45) is 5.73 Å². The number of allylic oxidation sites excluding steroid dienone is 1. The van der Waals surface area contributed by atoms with Crippen LogP contribution >= 0.6 is 0 Å². The van der Waals surface area contributed by atoms with Crippen LogP contribution in [0.3, 0.4) is 0 Å². The number of nitrogens with two attached hydrogens (primary N) is 1. The minimum atomic E-state index is 0.290. The maximum absolute atomic E-state index is 5.95. The highest BCUT2D eigenvalue weighted by Crippen LogP contribution is 2.21. The molecule has 1 aromatic carbocycles. The molecule has 0 amide bonds. The largest absolute Gasteiger partial charge is 0.329 e. The molecule has 104 valence electrons. The van der Waals surface area contributed by atoms with E-state index in [0.717, 1.165) is 13.0 Å². The van der Waals surface area contributed by atoms with Crippen molar-refractivity contribution in [1.82, 2.24) is 5.32 Å². The van der Waals surface area contributed by atoms with E-state index in [-0.39, 0.29) is 6.04 Å². The second kappa shape index (κ2) is 7.46. The third kappa shape index (κ3) is 3.92. The highest BCUT2D eigenvalue weighted by molar-refractivity contribution is 5.30. The van der Waals surface area contributed by atoms with Gasteiger partial charge >= 0.3 is 0 Å². The minimum Gasteiger partial charge on any atom is -0.329 e. The van der Waals surface area contributed by atoms with Crippen LogP contribution in [0.2, 0.25) is 0 Å². The van der Waals surface area contributed by atoms with Gasteiger partial charge in [0.05, 0.1) is 0 Å². The Hall–Kier alpha value is -1.12. The highest BCUT2D eigenvalue weighted by atomic mass is 14.9. The molecule has 2 rings (SSSR count).